The monoisotopic (exact) mass is 604 g/mol. The Morgan fingerprint density at radius 2 is 1.81 bits per heavy atom. The van der Waals surface area contributed by atoms with Gasteiger partial charge in [0.1, 0.15) is 0 Å². The van der Waals surface area contributed by atoms with E-state index in [1.165, 1.54) is 7.11 Å². The van der Waals surface area contributed by atoms with Crippen LogP contribution in [0.15, 0.2) is 77.3 Å². The highest BCUT2D eigenvalue weighted by molar-refractivity contribution is 9.10. The molecule has 1 saturated heterocycles. The molecule has 4 rings (SSSR count). The van der Waals surface area contributed by atoms with E-state index < -0.39 is 18.7 Å². The Hall–Kier alpha value is -2.51. The van der Waals surface area contributed by atoms with Crippen LogP contribution in [-0.4, -0.2) is 24.8 Å². The molecule has 8 heteroatoms. The van der Waals surface area contributed by atoms with Crippen LogP contribution in [0.1, 0.15) is 48.2 Å². The summed E-state index contributed by atoms with van der Waals surface area (Å²) in [4.78, 5) is 11.3. The molecule has 3 aromatic carbocycles. The number of ether oxygens (including phenoxy) is 3. The van der Waals surface area contributed by atoms with Crippen molar-refractivity contribution in [1.29, 1.82) is 0 Å². The number of carboxylic acids is 1. The first-order chi connectivity index (χ1) is 17.7. The maximum absolute atomic E-state index is 11.3. The van der Waals surface area contributed by atoms with Gasteiger partial charge in [-0.25, -0.2) is 4.79 Å². The molecule has 0 aliphatic carbocycles. The molecule has 0 radical (unpaired) electrons. The van der Waals surface area contributed by atoms with Crippen molar-refractivity contribution < 1.29 is 24.1 Å². The van der Waals surface area contributed by atoms with Crippen LogP contribution in [0, 0.1) is 5.92 Å². The average molecular weight is 606 g/mol. The highest BCUT2D eigenvalue weighted by Crippen LogP contribution is 2.54. The fraction of sp³-hybridized carbons (Fsp3) is 0.276. The Balaban J connectivity index is 1.86. The molecule has 3 aromatic rings. The lowest BCUT2D eigenvalue weighted by Crippen LogP contribution is -2.32. The van der Waals surface area contributed by atoms with Crippen molar-refractivity contribution in [2.24, 2.45) is 5.92 Å². The van der Waals surface area contributed by atoms with E-state index in [4.69, 9.17) is 37.4 Å². The summed E-state index contributed by atoms with van der Waals surface area (Å²) < 4.78 is 19.0. The van der Waals surface area contributed by atoms with Gasteiger partial charge in [-0.15, -0.1) is 0 Å². The fourth-order valence-corrected chi connectivity index (χ4v) is 5.65. The Morgan fingerprint density at radius 1 is 1.08 bits per heavy atom. The molecule has 0 spiro atoms. The van der Waals surface area contributed by atoms with Crippen molar-refractivity contribution in [1.82, 2.24) is 0 Å². The van der Waals surface area contributed by atoms with E-state index in [0.29, 0.717) is 27.1 Å². The first-order valence-corrected chi connectivity index (χ1v) is 13.3. The van der Waals surface area contributed by atoms with Crippen LogP contribution >= 0.6 is 39.1 Å². The Morgan fingerprint density at radius 3 is 2.43 bits per heavy atom. The number of carbonyl (C=O) groups is 1. The number of halogens is 3. The lowest BCUT2D eigenvalue weighted by atomic mass is 9.74. The molecule has 37 heavy (non-hydrogen) atoms. The summed E-state index contributed by atoms with van der Waals surface area (Å²) in [6, 6.07) is 19.1. The van der Waals surface area contributed by atoms with Crippen LogP contribution in [0.2, 0.25) is 10.0 Å². The normalized spacial score (nSPS) is 21.3. The number of carboxylic acid groups (broad SMARTS) is 1. The number of rotatable bonds is 8. The van der Waals surface area contributed by atoms with E-state index in [2.05, 4.69) is 28.6 Å². The van der Waals surface area contributed by atoms with E-state index in [0.717, 1.165) is 27.6 Å². The number of methoxy groups -OCH3 is 1. The SMILES string of the molecule is C=C(C)[C@H]1C[C@H](c2cccc(Cl)c2)[C@H](c2ccc(Cl)cc2)O[C@@H]1c1cc(Br)cc(OC)c1OCC(=O)O. The highest BCUT2D eigenvalue weighted by Gasteiger charge is 2.42. The van der Waals surface area contributed by atoms with Gasteiger partial charge in [-0.1, -0.05) is 75.5 Å². The zero-order valence-corrected chi connectivity index (χ0v) is 23.5. The number of hydrogen-bond donors (Lipinski definition) is 1. The summed E-state index contributed by atoms with van der Waals surface area (Å²) in [5.74, 6) is -0.457. The quantitative estimate of drug-likeness (QED) is 0.261. The fourth-order valence-electron chi connectivity index (χ4n) is 4.87. The minimum Gasteiger partial charge on any atom is -0.493 e. The molecule has 0 aromatic heterocycles. The summed E-state index contributed by atoms with van der Waals surface area (Å²) in [6.45, 7) is 5.74. The molecule has 0 amide bonds. The van der Waals surface area contributed by atoms with E-state index in [-0.39, 0.29) is 17.9 Å². The molecule has 194 valence electrons. The number of hydrogen-bond acceptors (Lipinski definition) is 4. The third-order valence-corrected chi connectivity index (χ3v) is 7.50. The molecule has 0 unspecified atom stereocenters. The van der Waals surface area contributed by atoms with Crippen LogP contribution < -0.4 is 9.47 Å². The average Bonchev–Trinajstić information content (AvgIpc) is 2.87. The van der Waals surface area contributed by atoms with Crippen LogP contribution in [0.5, 0.6) is 11.5 Å². The smallest absolute Gasteiger partial charge is 0.341 e. The zero-order chi connectivity index (χ0) is 26.7. The Labute approximate surface area is 235 Å². The van der Waals surface area contributed by atoms with Crippen molar-refractivity contribution in [2.75, 3.05) is 13.7 Å². The molecular weight excluding hydrogens is 579 g/mol. The molecule has 1 aliphatic heterocycles. The Kier molecular flexibility index (Phi) is 8.86. The molecule has 0 saturated carbocycles. The molecule has 4 atom stereocenters. The summed E-state index contributed by atoms with van der Waals surface area (Å²) in [5.41, 5.74) is 3.65. The molecule has 1 fully saturated rings. The first-order valence-electron chi connectivity index (χ1n) is 11.7. The lowest BCUT2D eigenvalue weighted by molar-refractivity contribution is -0.139. The minimum atomic E-state index is -1.09. The topological polar surface area (TPSA) is 65.0 Å². The van der Waals surface area contributed by atoms with Gasteiger partial charge in [0.2, 0.25) is 0 Å². The van der Waals surface area contributed by atoms with Gasteiger partial charge in [-0.3, -0.25) is 0 Å². The second-order valence-corrected chi connectivity index (χ2v) is 10.9. The Bertz CT molecular complexity index is 1290. The van der Waals surface area contributed by atoms with Crippen molar-refractivity contribution in [3.63, 3.8) is 0 Å². The lowest BCUT2D eigenvalue weighted by Gasteiger charge is -2.43. The maximum atomic E-state index is 11.3. The predicted molar refractivity (Wildman–Crippen MR) is 149 cm³/mol. The molecule has 5 nitrogen and oxygen atoms in total. The molecule has 1 aliphatic rings. The van der Waals surface area contributed by atoms with Crippen molar-refractivity contribution in [2.45, 2.75) is 31.5 Å². The van der Waals surface area contributed by atoms with Gasteiger partial charge >= 0.3 is 5.97 Å². The summed E-state index contributed by atoms with van der Waals surface area (Å²) >= 11 is 16.1. The van der Waals surface area contributed by atoms with Crippen LogP contribution in [0.25, 0.3) is 0 Å². The number of aliphatic carboxylic acids is 1. The predicted octanol–water partition coefficient (Wildman–Crippen LogP) is 8.41. The van der Waals surface area contributed by atoms with E-state index in [1.807, 2.05) is 55.5 Å². The minimum absolute atomic E-state index is 0.0183. The van der Waals surface area contributed by atoms with Gasteiger partial charge < -0.3 is 19.3 Å². The third kappa shape index (κ3) is 6.32. The second-order valence-electron chi connectivity index (χ2n) is 9.09. The third-order valence-electron chi connectivity index (χ3n) is 6.56. The summed E-state index contributed by atoms with van der Waals surface area (Å²) in [6.07, 6.45) is -0.0988. The van der Waals surface area contributed by atoms with Crippen LogP contribution in [-0.2, 0) is 9.53 Å². The van der Waals surface area contributed by atoms with Crippen molar-refractivity contribution >= 4 is 45.1 Å². The molecular formula is C29H27BrCl2O5. The van der Waals surface area contributed by atoms with Crippen molar-refractivity contribution in [3.8, 4) is 11.5 Å². The van der Waals surface area contributed by atoms with Gasteiger partial charge in [0, 0.05) is 31.9 Å². The van der Waals surface area contributed by atoms with E-state index in [9.17, 15) is 9.90 Å². The zero-order valence-electron chi connectivity index (χ0n) is 20.4. The molecule has 1 N–H and O–H groups in total. The van der Waals surface area contributed by atoms with Crippen LogP contribution in [0.4, 0.5) is 0 Å². The van der Waals surface area contributed by atoms with Gasteiger partial charge in [0.05, 0.1) is 19.3 Å². The van der Waals surface area contributed by atoms with Gasteiger partial charge in [-0.2, -0.15) is 0 Å². The highest BCUT2D eigenvalue weighted by atomic mass is 79.9. The van der Waals surface area contributed by atoms with Gasteiger partial charge in [0.25, 0.3) is 0 Å². The molecule has 1 heterocycles. The summed E-state index contributed by atoms with van der Waals surface area (Å²) in [5, 5.41) is 10.6. The molecule has 0 bridgehead atoms. The largest absolute Gasteiger partial charge is 0.493 e. The second kappa shape index (κ2) is 11.9. The van der Waals surface area contributed by atoms with E-state index in [1.54, 1.807) is 6.07 Å². The number of benzene rings is 3. The van der Waals surface area contributed by atoms with Crippen molar-refractivity contribution in [3.05, 3.63) is 104 Å². The van der Waals surface area contributed by atoms with Gasteiger partial charge in [0.15, 0.2) is 18.1 Å². The maximum Gasteiger partial charge on any atom is 0.341 e. The summed E-state index contributed by atoms with van der Waals surface area (Å²) in [7, 11) is 1.52. The standard InChI is InChI=1S/C29H27BrCl2O5/c1-16(2)22-14-23(18-5-4-6-21(32)11-18)27(17-7-9-20(31)10-8-17)37-28(22)24-12-19(30)13-25(35-3)29(24)36-15-26(33)34/h4-13,22-23,27-28H,1,14-15H2,2-3H3,(H,33,34)/t22-,23-,27+,28+/m1/s1. The van der Waals surface area contributed by atoms with Gasteiger partial charge in [-0.05, 0) is 60.9 Å². The van der Waals surface area contributed by atoms with Crippen LogP contribution in [0.3, 0.4) is 0 Å². The first kappa shape index (κ1) is 27.5. The van der Waals surface area contributed by atoms with E-state index >= 15 is 0 Å².